The second kappa shape index (κ2) is 7.97. The lowest BCUT2D eigenvalue weighted by atomic mass is 10.1. The summed E-state index contributed by atoms with van der Waals surface area (Å²) in [6.45, 7) is 4.53. The number of anilines is 1. The van der Waals surface area contributed by atoms with E-state index in [1.807, 2.05) is 5.38 Å². The van der Waals surface area contributed by atoms with Crippen molar-refractivity contribution in [2.24, 2.45) is 5.10 Å². The van der Waals surface area contributed by atoms with Crippen molar-refractivity contribution in [1.82, 2.24) is 19.9 Å². The van der Waals surface area contributed by atoms with Gasteiger partial charge < -0.3 is 15.4 Å². The third kappa shape index (κ3) is 4.40. The number of aromatic nitrogens is 3. The molecule has 3 rings (SSSR count). The molecule has 1 unspecified atom stereocenters. The van der Waals surface area contributed by atoms with Crippen molar-refractivity contribution in [2.75, 3.05) is 18.5 Å². The van der Waals surface area contributed by atoms with Gasteiger partial charge in [-0.1, -0.05) is 0 Å². The number of rotatable bonds is 6. The van der Waals surface area contributed by atoms with E-state index in [4.69, 9.17) is 5.41 Å². The maximum absolute atomic E-state index is 13.0. The molecule has 0 spiro atoms. The van der Waals surface area contributed by atoms with Crippen LogP contribution in [0.15, 0.2) is 22.7 Å². The van der Waals surface area contributed by atoms with E-state index in [-0.39, 0.29) is 11.9 Å². The summed E-state index contributed by atoms with van der Waals surface area (Å²) in [6, 6.07) is 1.77. The molecule has 0 radical (unpaired) electrons. The second-order valence-electron chi connectivity index (χ2n) is 6.88. The first kappa shape index (κ1) is 19.2. The maximum Gasteiger partial charge on any atom is 0.266 e. The van der Waals surface area contributed by atoms with Crippen molar-refractivity contribution in [3.63, 3.8) is 0 Å². The number of nitrogens with one attached hydrogen (secondary N) is 2. The van der Waals surface area contributed by atoms with Crippen LogP contribution in [0.25, 0.3) is 0 Å². The number of carbonyl (C=O) groups excluding carboxylic acids is 1. The number of likely N-dealkylation sites (tertiary alicyclic amines) is 1. The zero-order valence-electron chi connectivity index (χ0n) is 15.3. The van der Waals surface area contributed by atoms with Crippen molar-refractivity contribution in [3.8, 4) is 0 Å². The third-order valence-corrected chi connectivity index (χ3v) is 5.24. The van der Waals surface area contributed by atoms with Gasteiger partial charge in [-0.15, -0.1) is 11.3 Å². The number of hydrogen-bond acceptors (Lipinski definition) is 8. The van der Waals surface area contributed by atoms with Gasteiger partial charge in [-0.2, -0.15) is 20.1 Å². The number of nitrogens with zero attached hydrogens (tertiary/aromatic N) is 5. The van der Waals surface area contributed by atoms with Crippen molar-refractivity contribution in [1.29, 1.82) is 5.41 Å². The number of carbonyl (C=O) groups is 1. The minimum atomic E-state index is -1.04. The van der Waals surface area contributed by atoms with Crippen LogP contribution < -0.4 is 5.43 Å². The van der Waals surface area contributed by atoms with Crippen LogP contribution in [-0.4, -0.2) is 56.4 Å². The smallest absolute Gasteiger partial charge is 0.266 e. The monoisotopic (exact) mass is 389 g/mol. The summed E-state index contributed by atoms with van der Waals surface area (Å²) in [4.78, 5) is 17.0. The van der Waals surface area contributed by atoms with E-state index in [0.717, 1.165) is 19.1 Å². The quantitative estimate of drug-likeness (QED) is 0.516. The predicted molar refractivity (Wildman–Crippen MR) is 105 cm³/mol. The zero-order valence-corrected chi connectivity index (χ0v) is 16.1. The van der Waals surface area contributed by atoms with Crippen LogP contribution in [0.4, 0.5) is 5.69 Å². The van der Waals surface area contributed by atoms with E-state index in [0.29, 0.717) is 29.3 Å². The fourth-order valence-electron chi connectivity index (χ4n) is 2.91. The number of thiophene rings is 1. The molecule has 1 fully saturated rings. The molecule has 2 aromatic rings. The average Bonchev–Trinajstić information content (AvgIpc) is 3.31. The van der Waals surface area contributed by atoms with Crippen molar-refractivity contribution >= 4 is 35.4 Å². The molecular formula is C17H23N7O2S. The van der Waals surface area contributed by atoms with Gasteiger partial charge in [-0.3, -0.25) is 10.2 Å². The summed E-state index contributed by atoms with van der Waals surface area (Å²) in [5.74, 6) is -0.0582. The SMILES string of the molecule is CC(C)(O)c1cnn(C2CCCN(C(=O)c3sccc3N/N=C\C=N)C2)n1. The average molecular weight is 389 g/mol. The molecule has 1 aliphatic heterocycles. The summed E-state index contributed by atoms with van der Waals surface area (Å²) < 4.78 is 0. The zero-order chi connectivity index (χ0) is 19.4. The lowest BCUT2D eigenvalue weighted by Gasteiger charge is -2.32. The summed E-state index contributed by atoms with van der Waals surface area (Å²) in [7, 11) is 0. The van der Waals surface area contributed by atoms with Gasteiger partial charge in [0, 0.05) is 19.3 Å². The molecule has 9 nitrogen and oxygen atoms in total. The van der Waals surface area contributed by atoms with E-state index in [1.165, 1.54) is 17.6 Å². The minimum Gasteiger partial charge on any atom is -0.384 e. The van der Waals surface area contributed by atoms with E-state index >= 15 is 0 Å². The lowest BCUT2D eigenvalue weighted by molar-refractivity contribution is 0.0645. The molecule has 0 bridgehead atoms. The Kier molecular flexibility index (Phi) is 5.66. The van der Waals surface area contributed by atoms with Crippen LogP contribution in [0, 0.1) is 5.41 Å². The number of amides is 1. The second-order valence-corrected chi connectivity index (χ2v) is 7.79. The van der Waals surface area contributed by atoms with Crippen molar-refractivity contribution in [3.05, 3.63) is 28.2 Å². The molecule has 1 amide bonds. The Hall–Kier alpha value is -2.59. The highest BCUT2D eigenvalue weighted by Gasteiger charge is 2.29. The Morgan fingerprint density at radius 2 is 2.37 bits per heavy atom. The third-order valence-electron chi connectivity index (χ3n) is 4.34. The Morgan fingerprint density at radius 1 is 1.56 bits per heavy atom. The molecule has 0 saturated carbocycles. The Labute approximate surface area is 161 Å². The summed E-state index contributed by atoms with van der Waals surface area (Å²) in [5, 5.41) is 31.4. The van der Waals surface area contributed by atoms with Gasteiger partial charge in [0.1, 0.15) is 16.2 Å². The molecule has 144 valence electrons. The minimum absolute atomic E-state index is 0.0221. The molecule has 1 saturated heterocycles. The topological polar surface area (TPSA) is 119 Å². The molecule has 3 heterocycles. The van der Waals surface area contributed by atoms with Crippen LogP contribution in [0.5, 0.6) is 0 Å². The van der Waals surface area contributed by atoms with E-state index < -0.39 is 5.60 Å². The highest BCUT2D eigenvalue weighted by molar-refractivity contribution is 7.12. The van der Waals surface area contributed by atoms with Crippen molar-refractivity contribution in [2.45, 2.75) is 38.3 Å². The van der Waals surface area contributed by atoms with Gasteiger partial charge in [0.2, 0.25) is 0 Å². The first-order valence-corrected chi connectivity index (χ1v) is 9.57. The van der Waals surface area contributed by atoms with Crippen LogP contribution in [0.2, 0.25) is 0 Å². The molecule has 3 N–H and O–H groups in total. The first-order valence-electron chi connectivity index (χ1n) is 8.69. The highest BCUT2D eigenvalue weighted by atomic mass is 32.1. The molecule has 0 aliphatic carbocycles. The van der Waals surface area contributed by atoms with Gasteiger partial charge in [0.25, 0.3) is 5.91 Å². The normalized spacial score (nSPS) is 18.0. The number of hydrazone groups is 1. The summed E-state index contributed by atoms with van der Waals surface area (Å²) in [5.41, 5.74) is 2.90. The Balaban J connectivity index is 1.72. The van der Waals surface area contributed by atoms with Gasteiger partial charge in [-0.25, -0.2) is 0 Å². The maximum atomic E-state index is 13.0. The van der Waals surface area contributed by atoms with Gasteiger partial charge in [0.05, 0.1) is 24.1 Å². The van der Waals surface area contributed by atoms with Gasteiger partial charge >= 0.3 is 0 Å². The van der Waals surface area contributed by atoms with Crippen molar-refractivity contribution < 1.29 is 9.90 Å². The molecule has 10 heteroatoms. The summed E-state index contributed by atoms with van der Waals surface area (Å²) in [6.07, 6.45) is 5.68. The lowest BCUT2D eigenvalue weighted by Crippen LogP contribution is -2.41. The Morgan fingerprint density at radius 3 is 3.07 bits per heavy atom. The molecule has 1 aliphatic rings. The predicted octanol–water partition coefficient (Wildman–Crippen LogP) is 2.09. The fourth-order valence-corrected chi connectivity index (χ4v) is 3.72. The van der Waals surface area contributed by atoms with E-state index in [2.05, 4.69) is 20.7 Å². The largest absolute Gasteiger partial charge is 0.384 e. The van der Waals surface area contributed by atoms with Crippen LogP contribution in [0.3, 0.4) is 0 Å². The molecule has 27 heavy (non-hydrogen) atoms. The summed E-state index contributed by atoms with van der Waals surface area (Å²) >= 11 is 1.36. The van der Waals surface area contributed by atoms with Crippen LogP contribution >= 0.6 is 11.3 Å². The molecule has 1 atom stereocenters. The highest BCUT2D eigenvalue weighted by Crippen LogP contribution is 2.28. The standard InChI is InChI=1S/C17H23N7O2S/c1-17(2,26)14-10-20-24(22-14)12-4-3-8-23(11-12)16(25)15-13(5-9-27-15)21-19-7-6-18/h5-7,9-10,12,18,21,26H,3-4,8,11H2,1-2H3/b18-6?,19-7-. The fraction of sp³-hybridized carbons (Fsp3) is 0.471. The number of aliphatic hydroxyl groups is 1. The van der Waals surface area contributed by atoms with E-state index in [1.54, 1.807) is 35.8 Å². The number of piperidine rings is 1. The first-order chi connectivity index (χ1) is 12.9. The van der Waals surface area contributed by atoms with Gasteiger partial charge in [0.15, 0.2) is 0 Å². The molecular weight excluding hydrogens is 366 g/mol. The molecule has 2 aromatic heterocycles. The van der Waals surface area contributed by atoms with Gasteiger partial charge in [-0.05, 0) is 38.1 Å². The Bertz CT molecular complexity index is 836. The van der Waals surface area contributed by atoms with E-state index in [9.17, 15) is 9.90 Å². The van der Waals surface area contributed by atoms with Crippen LogP contribution in [0.1, 0.15) is 48.1 Å². The molecule has 0 aromatic carbocycles. The van der Waals surface area contributed by atoms with Crippen LogP contribution in [-0.2, 0) is 5.60 Å². The number of hydrogen-bond donors (Lipinski definition) is 3.